The molecule has 0 aromatic carbocycles. The van der Waals surface area contributed by atoms with Gasteiger partial charge in [-0.15, -0.1) is 0 Å². The topological polar surface area (TPSA) is 75.2 Å². The number of aromatic nitrogens is 2. The van der Waals surface area contributed by atoms with Crippen LogP contribution in [0, 0.1) is 6.92 Å². The lowest BCUT2D eigenvalue weighted by Gasteiger charge is -2.23. The number of rotatable bonds is 3. The van der Waals surface area contributed by atoms with Gasteiger partial charge in [0, 0.05) is 6.61 Å². The van der Waals surface area contributed by atoms with Crippen molar-refractivity contribution in [3.05, 3.63) is 21.7 Å². The molecular formula is C10H16N2O3. The van der Waals surface area contributed by atoms with Crippen LogP contribution in [-0.2, 0) is 10.3 Å². The molecule has 15 heavy (non-hydrogen) atoms. The van der Waals surface area contributed by atoms with Crippen molar-refractivity contribution >= 4 is 0 Å². The predicted molar refractivity (Wildman–Crippen MR) is 55.9 cm³/mol. The summed E-state index contributed by atoms with van der Waals surface area (Å²) in [5, 5.41) is 9.43. The van der Waals surface area contributed by atoms with Crippen molar-refractivity contribution in [2.75, 3.05) is 6.61 Å². The van der Waals surface area contributed by atoms with Gasteiger partial charge in [-0.3, -0.25) is 4.79 Å². The summed E-state index contributed by atoms with van der Waals surface area (Å²) in [7, 11) is 0. The lowest BCUT2D eigenvalue weighted by molar-refractivity contribution is -0.0214. The van der Waals surface area contributed by atoms with Crippen LogP contribution in [0.4, 0.5) is 0 Å². The first-order chi connectivity index (χ1) is 6.88. The number of nitrogens with zero attached hydrogens (tertiary/aromatic N) is 1. The van der Waals surface area contributed by atoms with Gasteiger partial charge in [0.2, 0.25) is 5.88 Å². The van der Waals surface area contributed by atoms with Crippen LogP contribution in [0.3, 0.4) is 0 Å². The molecule has 1 aromatic heterocycles. The number of aromatic amines is 1. The van der Waals surface area contributed by atoms with Gasteiger partial charge in [-0.1, -0.05) is 0 Å². The second-order valence-corrected chi connectivity index (χ2v) is 3.81. The molecule has 1 rings (SSSR count). The monoisotopic (exact) mass is 212 g/mol. The first-order valence-corrected chi connectivity index (χ1v) is 4.82. The summed E-state index contributed by atoms with van der Waals surface area (Å²) in [6.45, 7) is 7.44. The van der Waals surface area contributed by atoms with Gasteiger partial charge in [0.05, 0.1) is 5.56 Å². The molecule has 0 aliphatic carbocycles. The molecule has 0 unspecified atom stereocenters. The van der Waals surface area contributed by atoms with E-state index in [2.05, 4.69) is 9.97 Å². The number of nitrogens with one attached hydrogen (secondary N) is 1. The van der Waals surface area contributed by atoms with Gasteiger partial charge in [0.15, 0.2) is 0 Å². The standard InChI is InChI=1S/C10H16N2O3/c1-5-15-10(3,4)9-11-7(13)6(2)8(14)12-9/h5H2,1-4H3,(H2,11,12,13,14). The molecule has 0 fully saturated rings. The summed E-state index contributed by atoms with van der Waals surface area (Å²) in [6, 6.07) is 0. The molecule has 0 atom stereocenters. The Hall–Kier alpha value is -1.36. The third-order valence-corrected chi connectivity index (χ3v) is 2.20. The fourth-order valence-corrected chi connectivity index (χ4v) is 1.23. The SMILES string of the molecule is CCOC(C)(C)c1nc(O)c(C)c(=O)[nH]1. The van der Waals surface area contributed by atoms with Crippen molar-refractivity contribution in [1.29, 1.82) is 0 Å². The zero-order chi connectivity index (χ0) is 11.6. The van der Waals surface area contributed by atoms with Crippen LogP contribution in [0.5, 0.6) is 5.88 Å². The zero-order valence-electron chi connectivity index (χ0n) is 9.42. The Bertz CT molecular complexity index is 410. The summed E-state index contributed by atoms with van der Waals surface area (Å²) < 4.78 is 5.42. The first kappa shape index (κ1) is 11.7. The van der Waals surface area contributed by atoms with Crippen molar-refractivity contribution in [2.24, 2.45) is 0 Å². The highest BCUT2D eigenvalue weighted by atomic mass is 16.5. The molecule has 0 saturated carbocycles. The molecule has 0 saturated heterocycles. The highest BCUT2D eigenvalue weighted by molar-refractivity contribution is 5.21. The fraction of sp³-hybridized carbons (Fsp3) is 0.600. The van der Waals surface area contributed by atoms with Crippen LogP contribution in [0.2, 0.25) is 0 Å². The van der Waals surface area contributed by atoms with E-state index >= 15 is 0 Å². The lowest BCUT2D eigenvalue weighted by atomic mass is 10.1. The number of hydrogen-bond acceptors (Lipinski definition) is 4. The quantitative estimate of drug-likeness (QED) is 0.785. The van der Waals surface area contributed by atoms with Crippen molar-refractivity contribution in [3.8, 4) is 5.88 Å². The summed E-state index contributed by atoms with van der Waals surface area (Å²) >= 11 is 0. The van der Waals surface area contributed by atoms with Gasteiger partial charge in [0.1, 0.15) is 11.4 Å². The summed E-state index contributed by atoms with van der Waals surface area (Å²) in [5.74, 6) is 0.0824. The zero-order valence-corrected chi connectivity index (χ0v) is 9.42. The van der Waals surface area contributed by atoms with E-state index in [-0.39, 0.29) is 17.0 Å². The second kappa shape index (κ2) is 4.02. The van der Waals surface area contributed by atoms with E-state index in [9.17, 15) is 9.90 Å². The highest BCUT2D eigenvalue weighted by Gasteiger charge is 2.25. The fourth-order valence-electron chi connectivity index (χ4n) is 1.23. The minimum absolute atomic E-state index is 0.214. The van der Waals surface area contributed by atoms with Crippen molar-refractivity contribution in [3.63, 3.8) is 0 Å². The highest BCUT2D eigenvalue weighted by Crippen LogP contribution is 2.21. The molecular weight excluding hydrogens is 196 g/mol. The molecule has 0 aliphatic heterocycles. The summed E-state index contributed by atoms with van der Waals surface area (Å²) in [4.78, 5) is 17.9. The molecule has 1 heterocycles. The Balaban J connectivity index is 3.22. The van der Waals surface area contributed by atoms with Crippen molar-refractivity contribution in [2.45, 2.75) is 33.3 Å². The summed E-state index contributed by atoms with van der Waals surface area (Å²) in [5.41, 5.74) is -0.838. The Morgan fingerprint density at radius 2 is 2.13 bits per heavy atom. The predicted octanol–water partition coefficient (Wildman–Crippen LogP) is 1.06. The van der Waals surface area contributed by atoms with E-state index < -0.39 is 5.60 Å². The Morgan fingerprint density at radius 1 is 1.53 bits per heavy atom. The molecule has 0 spiro atoms. The number of aromatic hydroxyl groups is 1. The second-order valence-electron chi connectivity index (χ2n) is 3.81. The maximum absolute atomic E-state index is 11.4. The Labute approximate surface area is 88.1 Å². The van der Waals surface area contributed by atoms with E-state index in [4.69, 9.17) is 4.74 Å². The lowest BCUT2D eigenvalue weighted by Crippen LogP contribution is -2.28. The van der Waals surface area contributed by atoms with E-state index in [0.717, 1.165) is 0 Å². The van der Waals surface area contributed by atoms with E-state index in [0.29, 0.717) is 12.4 Å². The van der Waals surface area contributed by atoms with Crippen molar-refractivity contribution in [1.82, 2.24) is 9.97 Å². The van der Waals surface area contributed by atoms with Crippen LogP contribution in [0.25, 0.3) is 0 Å². The van der Waals surface area contributed by atoms with Crippen LogP contribution in [-0.4, -0.2) is 21.7 Å². The average Bonchev–Trinajstić information content (AvgIpc) is 2.13. The van der Waals surface area contributed by atoms with Crippen molar-refractivity contribution < 1.29 is 9.84 Å². The minimum atomic E-state index is -0.709. The molecule has 5 heteroatoms. The van der Waals surface area contributed by atoms with Gasteiger partial charge in [-0.05, 0) is 27.7 Å². The number of ether oxygens (including phenoxy) is 1. The molecule has 2 N–H and O–H groups in total. The molecule has 84 valence electrons. The number of H-pyrrole nitrogens is 1. The third-order valence-electron chi connectivity index (χ3n) is 2.20. The van der Waals surface area contributed by atoms with Gasteiger partial charge in [-0.25, -0.2) is 0 Å². The molecule has 0 radical (unpaired) electrons. The minimum Gasteiger partial charge on any atom is -0.493 e. The molecule has 0 amide bonds. The van der Waals surface area contributed by atoms with Gasteiger partial charge < -0.3 is 14.8 Å². The van der Waals surface area contributed by atoms with E-state index in [1.165, 1.54) is 6.92 Å². The van der Waals surface area contributed by atoms with E-state index in [1.807, 2.05) is 6.92 Å². The largest absolute Gasteiger partial charge is 0.493 e. The summed E-state index contributed by atoms with van der Waals surface area (Å²) in [6.07, 6.45) is 0. The molecule has 0 aliphatic rings. The third kappa shape index (κ3) is 2.36. The van der Waals surface area contributed by atoms with Crippen LogP contribution >= 0.6 is 0 Å². The Morgan fingerprint density at radius 3 is 2.60 bits per heavy atom. The van der Waals surface area contributed by atoms with Crippen LogP contribution in [0.15, 0.2) is 4.79 Å². The molecule has 0 bridgehead atoms. The van der Waals surface area contributed by atoms with Gasteiger partial charge in [0.25, 0.3) is 5.56 Å². The van der Waals surface area contributed by atoms with Gasteiger partial charge >= 0.3 is 0 Å². The Kier molecular flexibility index (Phi) is 3.14. The number of hydrogen-bond donors (Lipinski definition) is 2. The van der Waals surface area contributed by atoms with Crippen LogP contribution < -0.4 is 5.56 Å². The average molecular weight is 212 g/mol. The van der Waals surface area contributed by atoms with E-state index in [1.54, 1.807) is 13.8 Å². The molecule has 5 nitrogen and oxygen atoms in total. The first-order valence-electron chi connectivity index (χ1n) is 4.82. The molecule has 1 aromatic rings. The van der Waals surface area contributed by atoms with Crippen LogP contribution in [0.1, 0.15) is 32.2 Å². The smallest absolute Gasteiger partial charge is 0.257 e. The normalized spacial score (nSPS) is 11.7. The maximum atomic E-state index is 11.4. The van der Waals surface area contributed by atoms with Gasteiger partial charge in [-0.2, -0.15) is 4.98 Å². The maximum Gasteiger partial charge on any atom is 0.257 e.